The highest BCUT2D eigenvalue weighted by Crippen LogP contribution is 2.24. The Morgan fingerprint density at radius 3 is 2.58 bits per heavy atom. The minimum Gasteiger partial charge on any atom is -0.497 e. The first-order chi connectivity index (χ1) is 9.19. The lowest BCUT2D eigenvalue weighted by Crippen LogP contribution is -1.94. The number of ether oxygens (including phenoxy) is 1. The fourth-order valence-electron chi connectivity index (χ4n) is 2.06. The van der Waals surface area contributed by atoms with E-state index in [0.29, 0.717) is 4.77 Å². The van der Waals surface area contributed by atoms with Gasteiger partial charge in [0.15, 0.2) is 4.77 Å². The zero-order valence-electron chi connectivity index (χ0n) is 10.2. The lowest BCUT2D eigenvalue weighted by atomic mass is 10.2. The zero-order chi connectivity index (χ0) is 13.4. The average Bonchev–Trinajstić information content (AvgIpc) is 2.74. The summed E-state index contributed by atoms with van der Waals surface area (Å²) in [4.78, 5) is 3.21. The molecule has 0 saturated carbocycles. The Hall–Kier alpha value is -1.59. The third-order valence-corrected chi connectivity index (χ3v) is 3.75. The van der Waals surface area contributed by atoms with E-state index in [4.69, 9.17) is 17.0 Å². The maximum atomic E-state index is 5.40. The summed E-state index contributed by atoms with van der Waals surface area (Å²) >= 11 is 8.89. The van der Waals surface area contributed by atoms with Gasteiger partial charge in [-0.15, -0.1) is 0 Å². The van der Waals surface area contributed by atoms with Gasteiger partial charge in [-0.25, -0.2) is 0 Å². The van der Waals surface area contributed by atoms with Crippen LogP contribution in [0.2, 0.25) is 0 Å². The molecule has 0 amide bonds. The molecule has 3 rings (SSSR count). The lowest BCUT2D eigenvalue weighted by molar-refractivity contribution is 0.415. The first-order valence-electron chi connectivity index (χ1n) is 5.74. The Labute approximate surface area is 124 Å². The molecule has 19 heavy (non-hydrogen) atoms. The van der Waals surface area contributed by atoms with Gasteiger partial charge < -0.3 is 9.72 Å². The van der Waals surface area contributed by atoms with Gasteiger partial charge in [0.25, 0.3) is 0 Å². The van der Waals surface area contributed by atoms with Gasteiger partial charge in [0, 0.05) is 10.2 Å². The van der Waals surface area contributed by atoms with Crippen LogP contribution in [0.1, 0.15) is 0 Å². The number of hydrogen-bond donors (Lipinski definition) is 1. The van der Waals surface area contributed by atoms with E-state index in [1.54, 1.807) is 7.11 Å². The average molecular weight is 335 g/mol. The summed E-state index contributed by atoms with van der Waals surface area (Å²) < 4.78 is 8.88. The first-order valence-corrected chi connectivity index (χ1v) is 6.94. The molecule has 0 aliphatic rings. The van der Waals surface area contributed by atoms with Crippen molar-refractivity contribution in [1.29, 1.82) is 0 Å². The molecular weight excluding hydrogens is 324 g/mol. The van der Waals surface area contributed by atoms with Gasteiger partial charge in [0.2, 0.25) is 0 Å². The van der Waals surface area contributed by atoms with Crippen LogP contribution in [0.3, 0.4) is 0 Å². The number of rotatable bonds is 2. The third kappa shape index (κ3) is 2.19. The van der Waals surface area contributed by atoms with E-state index < -0.39 is 0 Å². The standard InChI is InChI=1S/C14H11BrN2OS/c1-18-11-5-3-10(4-6-11)17-13-8-9(15)2-7-12(13)16-14(17)19/h2-8H,1H3,(H,16,19). The van der Waals surface area contributed by atoms with Crippen LogP contribution in [0.25, 0.3) is 16.7 Å². The van der Waals surface area contributed by atoms with E-state index >= 15 is 0 Å². The van der Waals surface area contributed by atoms with Crippen LogP contribution in [0.15, 0.2) is 46.9 Å². The third-order valence-electron chi connectivity index (χ3n) is 2.98. The summed E-state index contributed by atoms with van der Waals surface area (Å²) in [5, 5.41) is 0. The van der Waals surface area contributed by atoms with Crippen LogP contribution >= 0.6 is 28.1 Å². The van der Waals surface area contributed by atoms with Crippen molar-refractivity contribution in [3.63, 3.8) is 0 Å². The number of H-pyrrole nitrogens is 1. The molecule has 0 aliphatic carbocycles. The van der Waals surface area contributed by atoms with E-state index in [1.165, 1.54) is 0 Å². The Morgan fingerprint density at radius 1 is 1.16 bits per heavy atom. The zero-order valence-corrected chi connectivity index (χ0v) is 12.6. The number of nitrogens with one attached hydrogen (secondary N) is 1. The topological polar surface area (TPSA) is 29.9 Å². The Kier molecular flexibility index (Phi) is 3.16. The summed E-state index contributed by atoms with van der Waals surface area (Å²) in [6.07, 6.45) is 0. The van der Waals surface area contributed by atoms with Crippen LogP contribution in [0, 0.1) is 4.77 Å². The van der Waals surface area contributed by atoms with Crippen LogP contribution in [-0.4, -0.2) is 16.7 Å². The number of nitrogens with zero attached hydrogens (tertiary/aromatic N) is 1. The number of benzene rings is 2. The number of aromatic amines is 1. The van der Waals surface area contributed by atoms with Gasteiger partial charge in [0.05, 0.1) is 18.1 Å². The van der Waals surface area contributed by atoms with E-state index in [0.717, 1.165) is 26.9 Å². The van der Waals surface area contributed by atoms with Gasteiger partial charge in [-0.2, -0.15) is 0 Å². The lowest BCUT2D eigenvalue weighted by Gasteiger charge is -2.06. The van der Waals surface area contributed by atoms with Crippen LogP contribution < -0.4 is 4.74 Å². The van der Waals surface area contributed by atoms with E-state index in [2.05, 4.69) is 20.9 Å². The fourth-order valence-corrected chi connectivity index (χ4v) is 2.73. The van der Waals surface area contributed by atoms with Crippen molar-refractivity contribution in [1.82, 2.24) is 9.55 Å². The van der Waals surface area contributed by atoms with Crippen LogP contribution in [-0.2, 0) is 0 Å². The largest absolute Gasteiger partial charge is 0.497 e. The van der Waals surface area contributed by atoms with Crippen molar-refractivity contribution < 1.29 is 4.74 Å². The van der Waals surface area contributed by atoms with E-state index in [1.807, 2.05) is 47.0 Å². The van der Waals surface area contributed by atoms with Crippen molar-refractivity contribution in [3.05, 3.63) is 51.7 Å². The van der Waals surface area contributed by atoms with Gasteiger partial charge in [-0.05, 0) is 54.7 Å². The number of fused-ring (bicyclic) bond motifs is 1. The van der Waals surface area contributed by atoms with Gasteiger partial charge in [-0.1, -0.05) is 15.9 Å². The highest BCUT2D eigenvalue weighted by molar-refractivity contribution is 9.10. The number of aromatic nitrogens is 2. The van der Waals surface area contributed by atoms with Gasteiger partial charge in [-0.3, -0.25) is 4.57 Å². The molecule has 0 radical (unpaired) electrons. The number of hydrogen-bond acceptors (Lipinski definition) is 2. The van der Waals surface area contributed by atoms with Crippen molar-refractivity contribution >= 4 is 39.2 Å². The molecule has 96 valence electrons. The van der Waals surface area contributed by atoms with E-state index in [9.17, 15) is 0 Å². The monoisotopic (exact) mass is 334 g/mol. The Balaban J connectivity index is 2.25. The molecule has 0 aliphatic heterocycles. The number of halogens is 1. The second kappa shape index (κ2) is 4.83. The molecule has 0 unspecified atom stereocenters. The quantitative estimate of drug-likeness (QED) is 0.701. The summed E-state index contributed by atoms with van der Waals surface area (Å²) in [6, 6.07) is 13.9. The summed E-state index contributed by atoms with van der Waals surface area (Å²) in [5.74, 6) is 0.830. The van der Waals surface area contributed by atoms with E-state index in [-0.39, 0.29) is 0 Å². The Morgan fingerprint density at radius 2 is 1.89 bits per heavy atom. The molecule has 1 aromatic heterocycles. The van der Waals surface area contributed by atoms with Crippen molar-refractivity contribution in [2.24, 2.45) is 0 Å². The number of methoxy groups -OCH3 is 1. The maximum absolute atomic E-state index is 5.40. The van der Waals surface area contributed by atoms with Crippen molar-refractivity contribution in [2.45, 2.75) is 0 Å². The molecule has 0 saturated heterocycles. The molecule has 0 bridgehead atoms. The van der Waals surface area contributed by atoms with Crippen LogP contribution in [0.5, 0.6) is 5.75 Å². The molecule has 0 spiro atoms. The highest BCUT2D eigenvalue weighted by Gasteiger charge is 2.07. The molecule has 2 aromatic carbocycles. The molecule has 3 nitrogen and oxygen atoms in total. The molecule has 0 fully saturated rings. The predicted octanol–water partition coefficient (Wildman–Crippen LogP) is 4.46. The minimum atomic E-state index is 0.679. The SMILES string of the molecule is COc1ccc(-n2c(=S)[nH]c3ccc(Br)cc32)cc1. The minimum absolute atomic E-state index is 0.679. The molecule has 5 heteroatoms. The number of imidazole rings is 1. The van der Waals surface area contributed by atoms with Crippen molar-refractivity contribution in [2.75, 3.05) is 7.11 Å². The summed E-state index contributed by atoms with van der Waals surface area (Å²) in [5.41, 5.74) is 3.07. The highest BCUT2D eigenvalue weighted by atomic mass is 79.9. The molecule has 3 aromatic rings. The van der Waals surface area contributed by atoms with Crippen LogP contribution in [0.4, 0.5) is 0 Å². The second-order valence-corrected chi connectivity index (χ2v) is 5.43. The Bertz CT molecular complexity index is 789. The second-order valence-electron chi connectivity index (χ2n) is 4.13. The predicted molar refractivity (Wildman–Crippen MR) is 82.7 cm³/mol. The maximum Gasteiger partial charge on any atom is 0.182 e. The molecule has 0 atom stereocenters. The normalized spacial score (nSPS) is 10.8. The molecule has 1 N–H and O–H groups in total. The summed E-state index contributed by atoms with van der Waals surface area (Å²) in [7, 11) is 1.66. The fraction of sp³-hybridized carbons (Fsp3) is 0.0714. The molecular formula is C14H11BrN2OS. The van der Waals surface area contributed by atoms with Gasteiger partial charge in [0.1, 0.15) is 5.75 Å². The molecule has 1 heterocycles. The van der Waals surface area contributed by atoms with Gasteiger partial charge >= 0.3 is 0 Å². The smallest absolute Gasteiger partial charge is 0.182 e. The summed E-state index contributed by atoms with van der Waals surface area (Å²) in [6.45, 7) is 0. The first kappa shape index (κ1) is 12.4. The van der Waals surface area contributed by atoms with Crippen molar-refractivity contribution in [3.8, 4) is 11.4 Å².